The van der Waals surface area contributed by atoms with Crippen molar-refractivity contribution >= 4 is 17.4 Å². The van der Waals surface area contributed by atoms with Gasteiger partial charge in [-0.3, -0.25) is 0 Å². The molecule has 1 atom stereocenters. The highest BCUT2D eigenvalue weighted by molar-refractivity contribution is 8.00. The lowest BCUT2D eigenvalue weighted by Gasteiger charge is -2.34. The summed E-state index contributed by atoms with van der Waals surface area (Å²) in [5.74, 6) is 0. The lowest BCUT2D eigenvalue weighted by molar-refractivity contribution is 0.401. The standard InChI is InChI=1S/C12H17NS/c1-12(2,3)11-8-13-9-6-4-5-7-10(9)14-11/h4-7,11,13H,8H2,1-3H3. The van der Waals surface area contributed by atoms with E-state index in [1.807, 2.05) is 11.8 Å². The average Bonchev–Trinajstić information content (AvgIpc) is 2.16. The smallest absolute Gasteiger partial charge is 0.0478 e. The fourth-order valence-electron chi connectivity index (χ4n) is 1.60. The van der Waals surface area contributed by atoms with Crippen LogP contribution in [0.15, 0.2) is 29.2 Å². The van der Waals surface area contributed by atoms with Gasteiger partial charge in [0.25, 0.3) is 0 Å². The molecule has 0 saturated heterocycles. The van der Waals surface area contributed by atoms with Crippen LogP contribution in [0, 0.1) is 5.41 Å². The molecule has 0 bridgehead atoms. The molecule has 0 radical (unpaired) electrons. The van der Waals surface area contributed by atoms with Gasteiger partial charge in [0.1, 0.15) is 0 Å². The minimum atomic E-state index is 0.366. The topological polar surface area (TPSA) is 12.0 Å². The largest absolute Gasteiger partial charge is 0.383 e. The van der Waals surface area contributed by atoms with E-state index >= 15 is 0 Å². The molecule has 0 fully saturated rings. The Morgan fingerprint density at radius 2 is 2.00 bits per heavy atom. The van der Waals surface area contributed by atoms with E-state index in [0.29, 0.717) is 10.7 Å². The number of hydrogen-bond donors (Lipinski definition) is 1. The van der Waals surface area contributed by atoms with E-state index in [9.17, 15) is 0 Å². The molecule has 1 aromatic carbocycles. The number of fused-ring (bicyclic) bond motifs is 1. The Morgan fingerprint density at radius 3 is 2.71 bits per heavy atom. The molecule has 76 valence electrons. The second kappa shape index (κ2) is 3.50. The number of hydrogen-bond acceptors (Lipinski definition) is 2. The van der Waals surface area contributed by atoms with Crippen LogP contribution in [0.25, 0.3) is 0 Å². The Hall–Kier alpha value is -0.630. The van der Waals surface area contributed by atoms with Gasteiger partial charge < -0.3 is 5.32 Å². The van der Waals surface area contributed by atoms with Gasteiger partial charge >= 0.3 is 0 Å². The van der Waals surface area contributed by atoms with Crippen LogP contribution in [0.5, 0.6) is 0 Å². The normalized spacial score (nSPS) is 21.2. The van der Waals surface area contributed by atoms with E-state index in [2.05, 4.69) is 50.4 Å². The molecule has 0 aliphatic carbocycles. The number of rotatable bonds is 0. The second-order valence-electron chi connectivity index (χ2n) is 4.85. The van der Waals surface area contributed by atoms with E-state index < -0.39 is 0 Å². The van der Waals surface area contributed by atoms with Crippen LogP contribution in [-0.4, -0.2) is 11.8 Å². The molecule has 1 nitrogen and oxygen atoms in total. The highest BCUT2D eigenvalue weighted by atomic mass is 32.2. The third-order valence-electron chi connectivity index (χ3n) is 2.60. The predicted octanol–water partition coefficient (Wildman–Crippen LogP) is 3.62. The van der Waals surface area contributed by atoms with Gasteiger partial charge in [0.15, 0.2) is 0 Å². The fourth-order valence-corrected chi connectivity index (χ4v) is 2.85. The lowest BCUT2D eigenvalue weighted by Crippen LogP contribution is -2.32. The maximum absolute atomic E-state index is 3.50. The summed E-state index contributed by atoms with van der Waals surface area (Å²) in [5.41, 5.74) is 1.66. The first-order valence-corrected chi connectivity index (χ1v) is 5.95. The molecule has 0 saturated carbocycles. The number of benzene rings is 1. The molecule has 1 N–H and O–H groups in total. The van der Waals surface area contributed by atoms with Crippen LogP contribution in [0.4, 0.5) is 5.69 Å². The molecule has 0 spiro atoms. The first-order chi connectivity index (χ1) is 6.57. The fraction of sp³-hybridized carbons (Fsp3) is 0.500. The van der Waals surface area contributed by atoms with Crippen LogP contribution < -0.4 is 5.32 Å². The molecule has 2 rings (SSSR count). The molecule has 1 aliphatic heterocycles. The molecule has 0 amide bonds. The Kier molecular flexibility index (Phi) is 2.48. The van der Waals surface area contributed by atoms with Gasteiger partial charge in [0, 0.05) is 22.4 Å². The summed E-state index contributed by atoms with van der Waals surface area (Å²) in [6.07, 6.45) is 0. The van der Waals surface area contributed by atoms with E-state index in [1.54, 1.807) is 0 Å². The van der Waals surface area contributed by atoms with Crippen LogP contribution in [0.3, 0.4) is 0 Å². The van der Waals surface area contributed by atoms with Crippen LogP contribution >= 0.6 is 11.8 Å². The first kappa shape index (κ1) is 9.91. The summed E-state index contributed by atoms with van der Waals surface area (Å²) in [6, 6.07) is 8.55. The van der Waals surface area contributed by atoms with Crippen molar-refractivity contribution in [3.8, 4) is 0 Å². The molecule has 2 heteroatoms. The summed E-state index contributed by atoms with van der Waals surface area (Å²) in [4.78, 5) is 1.39. The second-order valence-corrected chi connectivity index (χ2v) is 6.09. The summed E-state index contributed by atoms with van der Waals surface area (Å²) >= 11 is 2.00. The van der Waals surface area contributed by atoms with Gasteiger partial charge in [-0.15, -0.1) is 11.8 Å². The Labute approximate surface area is 90.3 Å². The summed E-state index contributed by atoms with van der Waals surface area (Å²) in [5, 5.41) is 4.16. The van der Waals surface area contributed by atoms with E-state index in [1.165, 1.54) is 10.6 Å². The highest BCUT2D eigenvalue weighted by Gasteiger charge is 2.28. The molecule has 1 unspecified atom stereocenters. The quantitative estimate of drug-likeness (QED) is 0.697. The van der Waals surface area contributed by atoms with Gasteiger partial charge in [0.05, 0.1) is 0 Å². The number of para-hydroxylation sites is 1. The molecule has 1 heterocycles. The van der Waals surface area contributed by atoms with Crippen molar-refractivity contribution < 1.29 is 0 Å². The SMILES string of the molecule is CC(C)(C)C1CNc2ccccc2S1. The minimum Gasteiger partial charge on any atom is -0.383 e. The maximum Gasteiger partial charge on any atom is 0.0478 e. The number of nitrogens with one attached hydrogen (secondary N) is 1. The first-order valence-electron chi connectivity index (χ1n) is 5.07. The molecule has 14 heavy (non-hydrogen) atoms. The highest BCUT2D eigenvalue weighted by Crippen LogP contribution is 2.41. The van der Waals surface area contributed by atoms with Gasteiger partial charge in [-0.1, -0.05) is 32.9 Å². The minimum absolute atomic E-state index is 0.366. The summed E-state index contributed by atoms with van der Waals surface area (Å²) in [7, 11) is 0. The Balaban J connectivity index is 2.22. The monoisotopic (exact) mass is 207 g/mol. The van der Waals surface area contributed by atoms with Gasteiger partial charge in [0.2, 0.25) is 0 Å². The molecular weight excluding hydrogens is 190 g/mol. The summed E-state index contributed by atoms with van der Waals surface area (Å²) in [6.45, 7) is 7.99. The zero-order chi connectivity index (χ0) is 10.2. The molecule has 0 aromatic heterocycles. The van der Waals surface area contributed by atoms with E-state index in [4.69, 9.17) is 0 Å². The number of thioether (sulfide) groups is 1. The number of anilines is 1. The molecule has 1 aliphatic rings. The third kappa shape index (κ3) is 1.90. The molecular formula is C12H17NS. The van der Waals surface area contributed by atoms with Crippen molar-refractivity contribution in [3.05, 3.63) is 24.3 Å². The molecule has 1 aromatic rings. The van der Waals surface area contributed by atoms with Crippen molar-refractivity contribution in [1.29, 1.82) is 0 Å². The Morgan fingerprint density at radius 1 is 1.29 bits per heavy atom. The zero-order valence-corrected chi connectivity index (χ0v) is 9.82. The van der Waals surface area contributed by atoms with Crippen LogP contribution in [0.2, 0.25) is 0 Å². The lowest BCUT2D eigenvalue weighted by atomic mass is 9.91. The van der Waals surface area contributed by atoms with E-state index in [0.717, 1.165) is 6.54 Å². The van der Waals surface area contributed by atoms with Crippen molar-refractivity contribution in [3.63, 3.8) is 0 Å². The maximum atomic E-state index is 3.50. The van der Waals surface area contributed by atoms with Crippen molar-refractivity contribution in [1.82, 2.24) is 0 Å². The third-order valence-corrected chi connectivity index (χ3v) is 4.37. The van der Waals surface area contributed by atoms with E-state index in [-0.39, 0.29) is 0 Å². The van der Waals surface area contributed by atoms with Gasteiger partial charge in [-0.25, -0.2) is 0 Å². The van der Waals surface area contributed by atoms with Crippen LogP contribution in [0.1, 0.15) is 20.8 Å². The average molecular weight is 207 g/mol. The predicted molar refractivity (Wildman–Crippen MR) is 64.0 cm³/mol. The van der Waals surface area contributed by atoms with Crippen LogP contribution in [-0.2, 0) is 0 Å². The zero-order valence-electron chi connectivity index (χ0n) is 9.00. The summed E-state index contributed by atoms with van der Waals surface area (Å²) < 4.78 is 0. The van der Waals surface area contributed by atoms with Crippen molar-refractivity contribution in [2.45, 2.75) is 30.9 Å². The Bertz CT molecular complexity index is 327. The van der Waals surface area contributed by atoms with Crippen molar-refractivity contribution in [2.75, 3.05) is 11.9 Å². The van der Waals surface area contributed by atoms with Crippen molar-refractivity contribution in [2.24, 2.45) is 5.41 Å². The van der Waals surface area contributed by atoms with Gasteiger partial charge in [-0.05, 0) is 17.5 Å². The van der Waals surface area contributed by atoms with Gasteiger partial charge in [-0.2, -0.15) is 0 Å².